The van der Waals surface area contributed by atoms with E-state index < -0.39 is 0 Å². The Labute approximate surface area is 130 Å². The Morgan fingerprint density at radius 1 is 1.29 bits per heavy atom. The molecule has 0 saturated carbocycles. The van der Waals surface area contributed by atoms with E-state index in [0.29, 0.717) is 17.9 Å². The molecule has 2 fully saturated rings. The number of likely N-dealkylation sites (tertiary alicyclic amines) is 1. The van der Waals surface area contributed by atoms with E-state index in [4.69, 9.17) is 0 Å². The van der Waals surface area contributed by atoms with Gasteiger partial charge in [0.25, 0.3) is 0 Å². The molecule has 3 aliphatic heterocycles. The van der Waals surface area contributed by atoms with E-state index in [9.17, 15) is 4.79 Å². The molecule has 1 amide bonds. The number of carbonyl (C=O) groups excluding carboxylic acids is 1. The fourth-order valence-corrected chi connectivity index (χ4v) is 5.29. The SMILES string of the molecule is O=C1CCC2CN(CC3CSc4ccccc43)CCC2N1. The zero-order valence-electron chi connectivity index (χ0n) is 12.3. The Kier molecular flexibility index (Phi) is 3.67. The molecule has 3 nitrogen and oxygen atoms in total. The molecule has 112 valence electrons. The van der Waals surface area contributed by atoms with Crippen molar-refractivity contribution in [1.82, 2.24) is 10.2 Å². The van der Waals surface area contributed by atoms with E-state index in [-0.39, 0.29) is 5.91 Å². The van der Waals surface area contributed by atoms with Gasteiger partial charge in [-0.1, -0.05) is 18.2 Å². The lowest BCUT2D eigenvalue weighted by Gasteiger charge is -2.42. The number of nitrogens with zero attached hydrogens (tertiary/aromatic N) is 1. The molecule has 3 atom stereocenters. The highest BCUT2D eigenvalue weighted by Crippen LogP contribution is 2.40. The molecule has 0 aromatic heterocycles. The largest absolute Gasteiger partial charge is 0.353 e. The highest BCUT2D eigenvalue weighted by molar-refractivity contribution is 7.99. The maximum absolute atomic E-state index is 11.5. The molecule has 1 aromatic carbocycles. The predicted octanol–water partition coefficient (Wildman–Crippen LogP) is 2.48. The van der Waals surface area contributed by atoms with Gasteiger partial charge in [-0.15, -0.1) is 11.8 Å². The van der Waals surface area contributed by atoms with Gasteiger partial charge in [0, 0.05) is 48.7 Å². The minimum atomic E-state index is 0.255. The highest BCUT2D eigenvalue weighted by atomic mass is 32.2. The third kappa shape index (κ3) is 2.71. The number of hydrogen-bond acceptors (Lipinski definition) is 3. The standard InChI is InChI=1S/C17H22N2OS/c20-17-6-5-12-9-19(8-7-15(12)18-17)10-13-11-21-16-4-2-1-3-14(13)16/h1-4,12-13,15H,5-11H2,(H,18,20). The second-order valence-corrected chi connectivity index (χ2v) is 7.63. The Bertz CT molecular complexity index is 547. The fraction of sp³-hybridized carbons (Fsp3) is 0.588. The topological polar surface area (TPSA) is 32.3 Å². The predicted molar refractivity (Wildman–Crippen MR) is 85.6 cm³/mol. The van der Waals surface area contributed by atoms with Crippen molar-refractivity contribution < 1.29 is 4.79 Å². The lowest BCUT2D eigenvalue weighted by Crippen LogP contribution is -2.54. The number of amides is 1. The van der Waals surface area contributed by atoms with Crippen LogP contribution in [0, 0.1) is 5.92 Å². The first-order chi connectivity index (χ1) is 10.3. The molecule has 4 heteroatoms. The monoisotopic (exact) mass is 302 g/mol. The molecule has 1 N–H and O–H groups in total. The lowest BCUT2D eigenvalue weighted by molar-refractivity contribution is -0.125. The summed E-state index contributed by atoms with van der Waals surface area (Å²) in [6.45, 7) is 3.47. The first-order valence-corrected chi connectivity index (χ1v) is 9.01. The summed E-state index contributed by atoms with van der Waals surface area (Å²) in [6, 6.07) is 9.30. The molecular formula is C17H22N2OS. The molecule has 0 radical (unpaired) electrons. The summed E-state index contributed by atoms with van der Waals surface area (Å²) in [5, 5.41) is 3.18. The summed E-state index contributed by atoms with van der Waals surface area (Å²) in [6.07, 6.45) is 2.91. The maximum atomic E-state index is 11.5. The van der Waals surface area contributed by atoms with Gasteiger partial charge in [-0.05, 0) is 30.4 Å². The van der Waals surface area contributed by atoms with Crippen molar-refractivity contribution in [3.05, 3.63) is 29.8 Å². The van der Waals surface area contributed by atoms with Gasteiger partial charge in [-0.2, -0.15) is 0 Å². The second-order valence-electron chi connectivity index (χ2n) is 6.57. The second kappa shape index (κ2) is 5.65. The summed E-state index contributed by atoms with van der Waals surface area (Å²) in [5.74, 6) is 2.83. The van der Waals surface area contributed by atoms with Crippen molar-refractivity contribution in [2.45, 2.75) is 36.1 Å². The molecule has 0 bridgehead atoms. The maximum Gasteiger partial charge on any atom is 0.220 e. The zero-order chi connectivity index (χ0) is 14.2. The molecule has 0 aliphatic carbocycles. The van der Waals surface area contributed by atoms with Crippen LogP contribution in [0.3, 0.4) is 0 Å². The highest BCUT2D eigenvalue weighted by Gasteiger charge is 2.35. The van der Waals surface area contributed by atoms with Crippen LogP contribution < -0.4 is 5.32 Å². The van der Waals surface area contributed by atoms with Crippen molar-refractivity contribution in [2.75, 3.05) is 25.4 Å². The van der Waals surface area contributed by atoms with Gasteiger partial charge >= 0.3 is 0 Å². The fourth-order valence-electron chi connectivity index (χ4n) is 4.04. The van der Waals surface area contributed by atoms with Crippen LogP contribution in [0.1, 0.15) is 30.7 Å². The van der Waals surface area contributed by atoms with Crippen LogP contribution in [-0.2, 0) is 4.79 Å². The molecule has 0 spiro atoms. The molecule has 3 aliphatic rings. The number of carbonyl (C=O) groups is 1. The Morgan fingerprint density at radius 3 is 3.14 bits per heavy atom. The van der Waals surface area contributed by atoms with Crippen LogP contribution in [0.2, 0.25) is 0 Å². The Balaban J connectivity index is 1.40. The third-order valence-electron chi connectivity index (χ3n) is 5.18. The number of fused-ring (bicyclic) bond motifs is 2. The number of hydrogen-bond donors (Lipinski definition) is 1. The smallest absolute Gasteiger partial charge is 0.220 e. The average Bonchev–Trinajstić information content (AvgIpc) is 2.91. The number of rotatable bonds is 2. The molecule has 1 aromatic rings. The van der Waals surface area contributed by atoms with Gasteiger partial charge in [-0.25, -0.2) is 0 Å². The number of piperidine rings is 2. The van der Waals surface area contributed by atoms with E-state index in [2.05, 4.69) is 34.5 Å². The number of nitrogens with one attached hydrogen (secondary N) is 1. The van der Waals surface area contributed by atoms with Crippen molar-refractivity contribution in [1.29, 1.82) is 0 Å². The van der Waals surface area contributed by atoms with E-state index in [1.165, 1.54) is 17.2 Å². The zero-order valence-corrected chi connectivity index (χ0v) is 13.1. The van der Waals surface area contributed by atoms with E-state index in [1.807, 2.05) is 11.8 Å². The van der Waals surface area contributed by atoms with Crippen LogP contribution in [0.4, 0.5) is 0 Å². The van der Waals surface area contributed by atoms with Crippen LogP contribution in [0.15, 0.2) is 29.2 Å². The van der Waals surface area contributed by atoms with Crippen LogP contribution in [0.25, 0.3) is 0 Å². The van der Waals surface area contributed by atoms with Crippen LogP contribution >= 0.6 is 11.8 Å². The van der Waals surface area contributed by atoms with Gasteiger partial charge < -0.3 is 10.2 Å². The minimum absolute atomic E-state index is 0.255. The lowest BCUT2D eigenvalue weighted by atomic mass is 9.84. The minimum Gasteiger partial charge on any atom is -0.353 e. The van der Waals surface area contributed by atoms with Crippen molar-refractivity contribution in [2.24, 2.45) is 5.92 Å². The quantitative estimate of drug-likeness (QED) is 0.911. The van der Waals surface area contributed by atoms with Gasteiger partial charge in [-0.3, -0.25) is 4.79 Å². The molecular weight excluding hydrogens is 280 g/mol. The summed E-state index contributed by atoms with van der Waals surface area (Å²) in [7, 11) is 0. The van der Waals surface area contributed by atoms with Crippen LogP contribution in [-0.4, -0.2) is 42.2 Å². The summed E-state index contributed by atoms with van der Waals surface area (Å²) < 4.78 is 0. The average molecular weight is 302 g/mol. The van der Waals surface area contributed by atoms with Crippen molar-refractivity contribution >= 4 is 17.7 Å². The Hall–Kier alpha value is -1.00. The van der Waals surface area contributed by atoms with E-state index in [1.54, 1.807) is 5.56 Å². The van der Waals surface area contributed by atoms with Gasteiger partial charge in [0.05, 0.1) is 0 Å². The van der Waals surface area contributed by atoms with Gasteiger partial charge in [0.15, 0.2) is 0 Å². The van der Waals surface area contributed by atoms with Crippen LogP contribution in [0.5, 0.6) is 0 Å². The first kappa shape index (κ1) is 13.6. The summed E-state index contributed by atoms with van der Waals surface area (Å²) in [5.41, 5.74) is 1.54. The van der Waals surface area contributed by atoms with Gasteiger partial charge in [0.2, 0.25) is 5.91 Å². The molecule has 2 saturated heterocycles. The first-order valence-electron chi connectivity index (χ1n) is 8.03. The third-order valence-corrected chi connectivity index (χ3v) is 6.44. The number of thioether (sulfide) groups is 1. The summed E-state index contributed by atoms with van der Waals surface area (Å²) in [4.78, 5) is 15.6. The summed E-state index contributed by atoms with van der Waals surface area (Å²) >= 11 is 2.00. The molecule has 3 unspecified atom stereocenters. The molecule has 4 rings (SSSR count). The molecule has 21 heavy (non-hydrogen) atoms. The molecule has 3 heterocycles. The van der Waals surface area contributed by atoms with Crippen molar-refractivity contribution in [3.63, 3.8) is 0 Å². The van der Waals surface area contributed by atoms with E-state index >= 15 is 0 Å². The van der Waals surface area contributed by atoms with Crippen molar-refractivity contribution in [3.8, 4) is 0 Å². The number of benzene rings is 1. The Morgan fingerprint density at radius 2 is 2.19 bits per heavy atom. The van der Waals surface area contributed by atoms with E-state index in [0.717, 1.165) is 32.4 Å². The van der Waals surface area contributed by atoms with Gasteiger partial charge in [0.1, 0.15) is 0 Å². The normalized spacial score (nSPS) is 32.4.